The molecule has 3 heterocycles. The molecule has 4 rings (SSSR count). The lowest BCUT2D eigenvalue weighted by Gasteiger charge is -2.15. The first kappa shape index (κ1) is 21.1. The summed E-state index contributed by atoms with van der Waals surface area (Å²) in [4.78, 5) is 6.35. The first-order chi connectivity index (χ1) is 15.1. The maximum Gasteiger partial charge on any atom is 0.210 e. The molecule has 0 unspecified atom stereocenters. The molecule has 0 spiro atoms. The van der Waals surface area contributed by atoms with E-state index in [4.69, 9.17) is 14.4 Å². The zero-order valence-electron chi connectivity index (χ0n) is 17.4. The molecule has 31 heavy (non-hydrogen) atoms. The zero-order valence-corrected chi connectivity index (χ0v) is 17.4. The highest BCUT2D eigenvalue weighted by molar-refractivity contribution is 5.41. The number of nitrogens with zero attached hydrogens (tertiary/aromatic N) is 4. The summed E-state index contributed by atoms with van der Waals surface area (Å²) in [6.07, 6.45) is 3.91. The maximum absolute atomic E-state index is 9.75. The van der Waals surface area contributed by atoms with E-state index < -0.39 is 6.10 Å². The molecule has 1 aromatic carbocycles. The highest BCUT2D eigenvalue weighted by Crippen LogP contribution is 2.19. The number of imidazole rings is 1. The summed E-state index contributed by atoms with van der Waals surface area (Å²) in [7, 11) is 0. The average Bonchev–Trinajstić information content (AvgIpc) is 3.50. The molecule has 162 valence electrons. The summed E-state index contributed by atoms with van der Waals surface area (Å²) in [5, 5.41) is 22.8. The monoisotopic (exact) mass is 422 g/mol. The minimum absolute atomic E-state index is 0.154. The van der Waals surface area contributed by atoms with E-state index in [1.165, 1.54) is 0 Å². The number of hydrogen-bond acceptors (Lipinski definition) is 7. The molecule has 3 aromatic rings. The van der Waals surface area contributed by atoms with Crippen molar-refractivity contribution in [2.45, 2.75) is 32.1 Å². The van der Waals surface area contributed by atoms with E-state index in [1.54, 1.807) is 25.4 Å². The van der Waals surface area contributed by atoms with Crippen LogP contribution in [0.5, 0.6) is 5.75 Å². The molecule has 0 bridgehead atoms. The lowest BCUT2D eigenvalue weighted by Crippen LogP contribution is -2.27. The van der Waals surface area contributed by atoms with Gasteiger partial charge in [0.2, 0.25) is 5.76 Å². The molecule has 2 aromatic heterocycles. The second-order valence-electron chi connectivity index (χ2n) is 7.60. The normalized spacial score (nSPS) is 17.3. The number of aliphatic hydroxyl groups excluding tert-OH is 2. The van der Waals surface area contributed by atoms with Gasteiger partial charge in [0.1, 0.15) is 29.5 Å². The van der Waals surface area contributed by atoms with Crippen molar-refractivity contribution < 1.29 is 19.5 Å². The van der Waals surface area contributed by atoms with Crippen molar-refractivity contribution in [2.24, 2.45) is 0 Å². The molecule has 0 amide bonds. The highest BCUT2D eigenvalue weighted by atomic mass is 16.5. The van der Waals surface area contributed by atoms with Gasteiger partial charge in [0.05, 0.1) is 13.2 Å². The lowest BCUT2D eigenvalue weighted by molar-refractivity contribution is 0.181. The Hall–Kier alpha value is -3.12. The van der Waals surface area contributed by atoms with E-state index in [2.05, 4.69) is 26.9 Å². The van der Waals surface area contributed by atoms with E-state index in [0.29, 0.717) is 30.4 Å². The van der Waals surface area contributed by atoms with Crippen molar-refractivity contribution in [3.8, 4) is 17.6 Å². The number of benzene rings is 1. The van der Waals surface area contributed by atoms with Crippen molar-refractivity contribution in [1.82, 2.24) is 19.6 Å². The Bertz CT molecular complexity index is 1050. The van der Waals surface area contributed by atoms with Gasteiger partial charge in [-0.15, -0.1) is 0 Å². The van der Waals surface area contributed by atoms with Crippen molar-refractivity contribution in [2.75, 3.05) is 26.2 Å². The smallest absolute Gasteiger partial charge is 0.210 e. The van der Waals surface area contributed by atoms with Crippen LogP contribution in [0.1, 0.15) is 42.3 Å². The van der Waals surface area contributed by atoms with Gasteiger partial charge in [0.15, 0.2) is 0 Å². The fourth-order valence-corrected chi connectivity index (χ4v) is 3.62. The van der Waals surface area contributed by atoms with Crippen molar-refractivity contribution in [3.05, 3.63) is 65.6 Å². The van der Waals surface area contributed by atoms with Crippen molar-refractivity contribution in [1.29, 1.82) is 0 Å². The Morgan fingerprint density at radius 1 is 1.29 bits per heavy atom. The standard InChI is InChI=1S/C23H26N4O4/c1-17(29)23-24-9-11-27(23)15-19-14-21(31-25-19)7-4-18-2-5-20(6-3-18)30-22-8-10-26(16-22)12-13-28/h2-3,5-6,9,11,14,17,22,28-29H,8,10,12-13,15-16H2,1H3/t17-,22-/m0/s1. The molecule has 8 heteroatoms. The van der Waals surface area contributed by atoms with E-state index >= 15 is 0 Å². The van der Waals surface area contributed by atoms with Gasteiger partial charge < -0.3 is 24.0 Å². The molecule has 2 N–H and O–H groups in total. The van der Waals surface area contributed by atoms with E-state index in [1.807, 2.05) is 28.8 Å². The molecule has 0 aliphatic carbocycles. The lowest BCUT2D eigenvalue weighted by atomic mass is 10.2. The summed E-state index contributed by atoms with van der Waals surface area (Å²) in [6.45, 7) is 4.80. The third kappa shape index (κ3) is 5.52. The van der Waals surface area contributed by atoms with Crippen LogP contribution in [0.25, 0.3) is 0 Å². The number of aliphatic hydroxyl groups is 2. The first-order valence-corrected chi connectivity index (χ1v) is 10.4. The molecule has 1 aliphatic heterocycles. The van der Waals surface area contributed by atoms with Gasteiger partial charge in [-0.3, -0.25) is 4.90 Å². The van der Waals surface area contributed by atoms with Gasteiger partial charge in [-0.05, 0) is 43.5 Å². The summed E-state index contributed by atoms with van der Waals surface area (Å²) < 4.78 is 13.2. The van der Waals surface area contributed by atoms with Crippen LogP contribution in [0.4, 0.5) is 0 Å². The number of ether oxygens (including phenoxy) is 1. The fourth-order valence-electron chi connectivity index (χ4n) is 3.62. The third-order valence-electron chi connectivity index (χ3n) is 5.15. The minimum Gasteiger partial charge on any atom is -0.489 e. The zero-order chi connectivity index (χ0) is 21.6. The van der Waals surface area contributed by atoms with Crippen LogP contribution >= 0.6 is 0 Å². The van der Waals surface area contributed by atoms with Gasteiger partial charge in [0, 0.05) is 43.7 Å². The first-order valence-electron chi connectivity index (χ1n) is 10.4. The SMILES string of the molecule is C[C@H](O)c1nccn1Cc1cc(C#Cc2ccc(O[C@H]3CCN(CCO)C3)cc2)on1. The number of hydrogen-bond donors (Lipinski definition) is 2. The Kier molecular flexibility index (Phi) is 6.67. The largest absolute Gasteiger partial charge is 0.489 e. The molecular weight excluding hydrogens is 396 g/mol. The van der Waals surface area contributed by atoms with Crippen LogP contribution in [-0.4, -0.2) is 62.2 Å². The summed E-state index contributed by atoms with van der Waals surface area (Å²) in [6, 6.07) is 9.46. The molecule has 1 aliphatic rings. The Balaban J connectivity index is 1.33. The predicted molar refractivity (Wildman–Crippen MR) is 113 cm³/mol. The second-order valence-corrected chi connectivity index (χ2v) is 7.60. The van der Waals surface area contributed by atoms with Gasteiger partial charge in [0.25, 0.3) is 0 Å². The van der Waals surface area contributed by atoms with Crippen LogP contribution in [0.3, 0.4) is 0 Å². The van der Waals surface area contributed by atoms with E-state index in [0.717, 1.165) is 30.8 Å². The third-order valence-corrected chi connectivity index (χ3v) is 5.15. The van der Waals surface area contributed by atoms with Crippen LogP contribution in [0.15, 0.2) is 47.2 Å². The average molecular weight is 422 g/mol. The Morgan fingerprint density at radius 3 is 2.90 bits per heavy atom. The molecule has 1 saturated heterocycles. The summed E-state index contributed by atoms with van der Waals surface area (Å²) >= 11 is 0. The Labute approximate surface area is 181 Å². The number of rotatable bonds is 7. The molecule has 2 atom stereocenters. The minimum atomic E-state index is -0.652. The Morgan fingerprint density at radius 2 is 2.13 bits per heavy atom. The van der Waals surface area contributed by atoms with Crippen LogP contribution in [-0.2, 0) is 6.54 Å². The maximum atomic E-state index is 9.75. The summed E-state index contributed by atoms with van der Waals surface area (Å²) in [5.74, 6) is 7.93. The van der Waals surface area contributed by atoms with E-state index in [9.17, 15) is 5.11 Å². The molecule has 0 radical (unpaired) electrons. The summed E-state index contributed by atoms with van der Waals surface area (Å²) in [5.41, 5.74) is 1.56. The number of likely N-dealkylation sites (tertiary alicyclic amines) is 1. The van der Waals surface area contributed by atoms with Gasteiger partial charge >= 0.3 is 0 Å². The van der Waals surface area contributed by atoms with Gasteiger partial charge in [-0.25, -0.2) is 4.98 Å². The fraction of sp³-hybridized carbons (Fsp3) is 0.391. The van der Waals surface area contributed by atoms with Crippen molar-refractivity contribution in [3.63, 3.8) is 0 Å². The predicted octanol–water partition coefficient (Wildman–Crippen LogP) is 1.82. The van der Waals surface area contributed by atoms with E-state index in [-0.39, 0.29) is 12.7 Å². The topological polar surface area (TPSA) is 96.8 Å². The quantitative estimate of drug-likeness (QED) is 0.561. The van der Waals surface area contributed by atoms with Crippen LogP contribution < -0.4 is 4.74 Å². The molecule has 8 nitrogen and oxygen atoms in total. The highest BCUT2D eigenvalue weighted by Gasteiger charge is 2.23. The van der Waals surface area contributed by atoms with Gasteiger partial charge in [-0.2, -0.15) is 0 Å². The number of β-amino-alcohol motifs (C(OH)–C–C–N with tert-alkyl or cyclic N) is 1. The molecular formula is C23H26N4O4. The molecule has 1 fully saturated rings. The molecule has 0 saturated carbocycles. The van der Waals surface area contributed by atoms with Crippen molar-refractivity contribution >= 4 is 0 Å². The number of aromatic nitrogens is 3. The second kappa shape index (κ2) is 9.79. The van der Waals surface area contributed by atoms with Gasteiger partial charge in [-0.1, -0.05) is 11.1 Å². The van der Waals surface area contributed by atoms with Crippen LogP contribution in [0, 0.1) is 11.8 Å². The van der Waals surface area contributed by atoms with Crippen LogP contribution in [0.2, 0.25) is 0 Å².